The fourth-order valence-electron chi connectivity index (χ4n) is 0.991. The summed E-state index contributed by atoms with van der Waals surface area (Å²) in [7, 11) is 0. The normalized spacial score (nSPS) is 15.3. The third-order valence-corrected chi connectivity index (χ3v) is 1.55. The molecule has 0 atom stereocenters. The van der Waals surface area contributed by atoms with Crippen LogP contribution in [0.3, 0.4) is 0 Å². The summed E-state index contributed by atoms with van der Waals surface area (Å²) >= 11 is 0. The molecule has 0 unspecified atom stereocenters. The molecule has 2 rings (SSSR count). The second-order valence-electron chi connectivity index (χ2n) is 2.40. The molecule has 0 bridgehead atoms. The van der Waals surface area contributed by atoms with E-state index in [9.17, 15) is 5.11 Å². The number of hydrogen-bond acceptors (Lipinski definition) is 4. The quantitative estimate of drug-likeness (QED) is 0.456. The fraction of sp³-hybridized carbons (Fsp3) is 0. The van der Waals surface area contributed by atoms with Gasteiger partial charge >= 0.3 is 0 Å². The van der Waals surface area contributed by atoms with Gasteiger partial charge in [0.2, 0.25) is 0 Å². The molecule has 5 nitrogen and oxygen atoms in total. The van der Waals surface area contributed by atoms with Gasteiger partial charge in [-0.05, 0) is 0 Å². The van der Waals surface area contributed by atoms with E-state index in [-0.39, 0.29) is 5.76 Å². The minimum Gasteiger partial charge on any atom is -0.504 e. The monoisotopic (exact) mass is 164 g/mol. The van der Waals surface area contributed by atoms with Crippen LogP contribution in [-0.2, 0) is 0 Å². The average Bonchev–Trinajstić information content (AvgIpc) is 2.44. The van der Waals surface area contributed by atoms with Gasteiger partial charge in [0.15, 0.2) is 11.6 Å². The Morgan fingerprint density at radius 3 is 3.17 bits per heavy atom. The number of H-pyrrole nitrogens is 1. The van der Waals surface area contributed by atoms with E-state index < -0.39 is 0 Å². The molecule has 0 saturated carbocycles. The molecule has 0 aliphatic carbocycles. The number of imidazole rings is 1. The van der Waals surface area contributed by atoms with E-state index in [4.69, 9.17) is 0 Å². The number of aromatic nitrogens is 2. The van der Waals surface area contributed by atoms with Crippen molar-refractivity contribution in [3.05, 3.63) is 30.6 Å². The van der Waals surface area contributed by atoms with Crippen molar-refractivity contribution in [1.82, 2.24) is 15.3 Å². The summed E-state index contributed by atoms with van der Waals surface area (Å²) in [4.78, 5) is 6.74. The maximum atomic E-state index is 9.39. The van der Waals surface area contributed by atoms with Crippen LogP contribution in [0.25, 0.3) is 5.76 Å². The van der Waals surface area contributed by atoms with Crippen LogP contribution in [0.5, 0.6) is 0 Å². The van der Waals surface area contributed by atoms with Gasteiger partial charge in [0, 0.05) is 6.20 Å². The van der Waals surface area contributed by atoms with Gasteiger partial charge in [-0.2, -0.15) is 0 Å². The van der Waals surface area contributed by atoms with Gasteiger partial charge in [-0.3, -0.25) is 0 Å². The van der Waals surface area contributed by atoms with E-state index in [1.807, 2.05) is 0 Å². The highest BCUT2D eigenvalue weighted by atomic mass is 16.3. The lowest BCUT2D eigenvalue weighted by molar-refractivity contribution is 0.507. The number of hydrogen-bond donors (Lipinski definition) is 4. The lowest BCUT2D eigenvalue weighted by Crippen LogP contribution is -2.10. The molecule has 1 aliphatic rings. The zero-order valence-electron chi connectivity index (χ0n) is 6.26. The number of nitrogens with one attached hydrogen (secondary N) is 3. The van der Waals surface area contributed by atoms with Crippen LogP contribution in [-0.4, -0.2) is 15.1 Å². The van der Waals surface area contributed by atoms with Crippen molar-refractivity contribution in [2.45, 2.75) is 0 Å². The first-order valence-corrected chi connectivity index (χ1v) is 3.42. The second kappa shape index (κ2) is 2.30. The van der Waals surface area contributed by atoms with E-state index in [2.05, 4.69) is 27.2 Å². The van der Waals surface area contributed by atoms with Crippen LogP contribution < -0.4 is 10.6 Å². The van der Waals surface area contributed by atoms with Crippen molar-refractivity contribution >= 4 is 11.6 Å². The highest BCUT2D eigenvalue weighted by Gasteiger charge is 2.12. The number of aliphatic hydroxyl groups is 1. The Hall–Kier alpha value is -1.91. The van der Waals surface area contributed by atoms with Crippen molar-refractivity contribution in [3.8, 4) is 0 Å². The zero-order valence-corrected chi connectivity index (χ0v) is 6.26. The van der Waals surface area contributed by atoms with Crippen molar-refractivity contribution < 1.29 is 5.11 Å². The third-order valence-electron chi connectivity index (χ3n) is 1.55. The molecular formula is C7H8N4O. The summed E-state index contributed by atoms with van der Waals surface area (Å²) in [5.41, 5.74) is 0.557. The maximum Gasteiger partial charge on any atom is 0.160 e. The lowest BCUT2D eigenvalue weighted by atomic mass is 10.4. The number of nitrogens with zero attached hydrogens (tertiary/aromatic N) is 1. The molecule has 2 heterocycles. The van der Waals surface area contributed by atoms with E-state index in [0.29, 0.717) is 17.3 Å². The standard InChI is InChI=1S/C7H8N4O/c1-4-8-2-5(12)6-7(11-4)10-3-9-6/h2-3,8,11-12H,1H2,(H,9,10). The maximum absolute atomic E-state index is 9.39. The first-order valence-electron chi connectivity index (χ1n) is 3.42. The molecule has 12 heavy (non-hydrogen) atoms. The number of aliphatic hydroxyl groups excluding tert-OH is 1. The summed E-state index contributed by atoms with van der Waals surface area (Å²) in [5.74, 6) is 1.25. The van der Waals surface area contributed by atoms with Gasteiger partial charge in [-0.15, -0.1) is 0 Å². The summed E-state index contributed by atoms with van der Waals surface area (Å²) in [6, 6.07) is 0. The van der Waals surface area contributed by atoms with Crippen LogP contribution in [0.4, 0.5) is 5.82 Å². The topological polar surface area (TPSA) is 73.0 Å². The number of fused-ring (bicyclic) bond motifs is 1. The molecule has 5 heteroatoms. The average molecular weight is 164 g/mol. The van der Waals surface area contributed by atoms with Crippen LogP contribution in [0.1, 0.15) is 5.69 Å². The summed E-state index contributed by atoms with van der Waals surface area (Å²) < 4.78 is 0. The Kier molecular flexibility index (Phi) is 1.30. The van der Waals surface area contributed by atoms with Gasteiger partial charge < -0.3 is 20.7 Å². The Balaban J connectivity index is 2.51. The molecule has 1 aliphatic heterocycles. The smallest absolute Gasteiger partial charge is 0.160 e. The van der Waals surface area contributed by atoms with Gasteiger partial charge in [0.1, 0.15) is 11.5 Å². The summed E-state index contributed by atoms with van der Waals surface area (Å²) in [6.45, 7) is 3.66. The van der Waals surface area contributed by atoms with E-state index in [0.717, 1.165) is 0 Å². The number of rotatable bonds is 0. The lowest BCUT2D eigenvalue weighted by Gasteiger charge is -2.02. The Bertz CT molecular complexity index is 352. The molecule has 0 spiro atoms. The van der Waals surface area contributed by atoms with Crippen molar-refractivity contribution in [3.63, 3.8) is 0 Å². The number of anilines is 1. The molecule has 0 fully saturated rings. The highest BCUT2D eigenvalue weighted by molar-refractivity contribution is 5.68. The minimum atomic E-state index is 0.105. The first kappa shape index (κ1) is 6.78. The van der Waals surface area contributed by atoms with Crippen molar-refractivity contribution in [2.24, 2.45) is 0 Å². The molecule has 62 valence electrons. The Morgan fingerprint density at radius 1 is 1.50 bits per heavy atom. The predicted octanol–water partition coefficient (Wildman–Crippen LogP) is 0.752. The molecule has 0 saturated heterocycles. The first-order chi connectivity index (χ1) is 5.77. The fourth-order valence-corrected chi connectivity index (χ4v) is 0.991. The van der Waals surface area contributed by atoms with E-state index >= 15 is 0 Å². The van der Waals surface area contributed by atoms with Crippen LogP contribution in [0.2, 0.25) is 0 Å². The van der Waals surface area contributed by atoms with E-state index in [1.165, 1.54) is 12.5 Å². The summed E-state index contributed by atoms with van der Waals surface area (Å²) in [5, 5.41) is 15.0. The minimum absolute atomic E-state index is 0.105. The van der Waals surface area contributed by atoms with Crippen LogP contribution >= 0.6 is 0 Å². The van der Waals surface area contributed by atoms with Gasteiger partial charge in [-0.1, -0.05) is 6.58 Å². The SMILES string of the molecule is C=C1NC=C(O)c2[nH]cnc2N1. The molecule has 0 amide bonds. The Labute approximate surface area is 68.8 Å². The predicted molar refractivity (Wildman–Crippen MR) is 45.1 cm³/mol. The van der Waals surface area contributed by atoms with Crippen LogP contribution in [0, 0.1) is 0 Å². The molecular weight excluding hydrogens is 156 g/mol. The number of aromatic amines is 1. The molecule has 0 aromatic carbocycles. The largest absolute Gasteiger partial charge is 0.504 e. The van der Waals surface area contributed by atoms with Crippen molar-refractivity contribution in [1.29, 1.82) is 0 Å². The molecule has 1 aromatic heterocycles. The van der Waals surface area contributed by atoms with Gasteiger partial charge in [0.05, 0.1) is 6.33 Å². The highest BCUT2D eigenvalue weighted by Crippen LogP contribution is 2.19. The zero-order chi connectivity index (χ0) is 8.55. The van der Waals surface area contributed by atoms with Crippen LogP contribution in [0.15, 0.2) is 24.9 Å². The summed E-state index contributed by atoms with van der Waals surface area (Å²) in [6.07, 6.45) is 2.94. The second-order valence-corrected chi connectivity index (χ2v) is 2.40. The van der Waals surface area contributed by atoms with Gasteiger partial charge in [-0.25, -0.2) is 4.98 Å². The molecule has 0 radical (unpaired) electrons. The van der Waals surface area contributed by atoms with Crippen molar-refractivity contribution in [2.75, 3.05) is 5.32 Å². The molecule has 1 aromatic rings. The van der Waals surface area contributed by atoms with Gasteiger partial charge in [0.25, 0.3) is 0 Å². The Morgan fingerprint density at radius 2 is 2.33 bits per heavy atom. The molecule has 4 N–H and O–H groups in total. The third kappa shape index (κ3) is 0.914. The van der Waals surface area contributed by atoms with E-state index in [1.54, 1.807) is 0 Å².